The van der Waals surface area contributed by atoms with Crippen molar-refractivity contribution in [3.8, 4) is 0 Å². The third kappa shape index (κ3) is 6.23. The van der Waals surface area contributed by atoms with Crippen LogP contribution in [0.25, 0.3) is 0 Å². The average molecular weight is 327 g/mol. The molecule has 0 aromatic heterocycles. The highest BCUT2D eigenvalue weighted by molar-refractivity contribution is 7.88. The maximum absolute atomic E-state index is 11.9. The minimum Gasteiger partial charge on any atom is -0.326 e. The minimum atomic E-state index is -3.41. The summed E-state index contributed by atoms with van der Waals surface area (Å²) in [5.74, 6) is -0.591. The van der Waals surface area contributed by atoms with E-state index in [0.717, 1.165) is 10.6 Å². The third-order valence-corrected chi connectivity index (χ3v) is 4.00. The highest BCUT2D eigenvalue weighted by atomic mass is 32.2. The minimum absolute atomic E-state index is 0.180. The first kappa shape index (κ1) is 18.1. The molecule has 8 heteroatoms. The van der Waals surface area contributed by atoms with Gasteiger partial charge in [0.15, 0.2) is 0 Å². The smallest absolute Gasteiger partial charge is 0.239 e. The quantitative estimate of drug-likeness (QED) is 0.788. The molecule has 1 aromatic carbocycles. The van der Waals surface area contributed by atoms with Crippen molar-refractivity contribution >= 4 is 33.2 Å². The monoisotopic (exact) mass is 327 g/mol. The first-order valence-corrected chi connectivity index (χ1v) is 8.70. The number of nitrogens with zero attached hydrogens (tertiary/aromatic N) is 1. The van der Waals surface area contributed by atoms with E-state index < -0.39 is 15.9 Å². The first-order valence-electron chi connectivity index (χ1n) is 6.85. The molecule has 0 atom stereocenters. The van der Waals surface area contributed by atoms with E-state index in [0.29, 0.717) is 24.3 Å². The number of nitrogens with one attached hydrogen (secondary N) is 2. The predicted molar refractivity (Wildman–Crippen MR) is 86.1 cm³/mol. The largest absolute Gasteiger partial charge is 0.326 e. The van der Waals surface area contributed by atoms with Gasteiger partial charge in [-0.1, -0.05) is 6.92 Å². The number of sulfonamides is 1. The predicted octanol–water partition coefficient (Wildman–Crippen LogP) is 1.26. The van der Waals surface area contributed by atoms with Crippen molar-refractivity contribution < 1.29 is 18.0 Å². The van der Waals surface area contributed by atoms with Gasteiger partial charge < -0.3 is 10.6 Å². The first-order chi connectivity index (χ1) is 10.2. The molecule has 0 aliphatic rings. The van der Waals surface area contributed by atoms with Crippen molar-refractivity contribution in [2.45, 2.75) is 20.3 Å². The molecule has 0 radical (unpaired) electrons. The standard InChI is InChI=1S/C14H21N3O4S/c1-4-9-17(22(3,20)21)10-14(19)16-13-7-5-12(6-8-13)15-11(2)18/h5-8H,4,9-10H2,1-3H3,(H,15,18)(H,16,19). The molecular formula is C14H21N3O4S. The second-order valence-electron chi connectivity index (χ2n) is 4.90. The number of hydrogen-bond acceptors (Lipinski definition) is 4. The Morgan fingerprint density at radius 1 is 1.09 bits per heavy atom. The molecule has 0 spiro atoms. The van der Waals surface area contributed by atoms with Crippen molar-refractivity contribution in [1.29, 1.82) is 0 Å². The normalized spacial score (nSPS) is 11.3. The summed E-state index contributed by atoms with van der Waals surface area (Å²) < 4.78 is 24.3. The zero-order chi connectivity index (χ0) is 16.8. The van der Waals surface area contributed by atoms with Crippen molar-refractivity contribution in [1.82, 2.24) is 4.31 Å². The van der Waals surface area contributed by atoms with Gasteiger partial charge in [-0.2, -0.15) is 4.31 Å². The number of carbonyl (C=O) groups is 2. The van der Waals surface area contributed by atoms with Crippen LogP contribution >= 0.6 is 0 Å². The molecule has 122 valence electrons. The van der Waals surface area contributed by atoms with Gasteiger partial charge in [0.1, 0.15) is 0 Å². The number of amides is 2. The van der Waals surface area contributed by atoms with E-state index in [1.165, 1.54) is 6.92 Å². The van der Waals surface area contributed by atoms with Gasteiger partial charge in [-0.15, -0.1) is 0 Å². The molecule has 7 nitrogen and oxygen atoms in total. The molecule has 0 bridgehead atoms. The van der Waals surface area contributed by atoms with Crippen molar-refractivity contribution in [2.75, 3.05) is 30.0 Å². The Hall–Kier alpha value is -1.93. The van der Waals surface area contributed by atoms with Crippen LogP contribution in [0.15, 0.2) is 24.3 Å². The van der Waals surface area contributed by atoms with Gasteiger partial charge in [-0.25, -0.2) is 8.42 Å². The summed E-state index contributed by atoms with van der Waals surface area (Å²) in [6.45, 7) is 3.33. The molecule has 0 fully saturated rings. The highest BCUT2D eigenvalue weighted by Crippen LogP contribution is 2.13. The van der Waals surface area contributed by atoms with Gasteiger partial charge in [0.05, 0.1) is 12.8 Å². The van der Waals surface area contributed by atoms with E-state index in [9.17, 15) is 18.0 Å². The molecular weight excluding hydrogens is 306 g/mol. The van der Waals surface area contributed by atoms with E-state index in [1.807, 2.05) is 6.92 Å². The Labute approximate surface area is 130 Å². The Balaban J connectivity index is 2.66. The second-order valence-corrected chi connectivity index (χ2v) is 6.89. The molecule has 0 aliphatic carbocycles. The molecule has 22 heavy (non-hydrogen) atoms. The number of hydrogen-bond donors (Lipinski definition) is 2. The van der Waals surface area contributed by atoms with Crippen LogP contribution in [0.4, 0.5) is 11.4 Å². The molecule has 0 saturated carbocycles. The molecule has 1 aromatic rings. The van der Waals surface area contributed by atoms with Crippen LogP contribution in [0.5, 0.6) is 0 Å². The van der Waals surface area contributed by atoms with Crippen LogP contribution in [0, 0.1) is 0 Å². The summed E-state index contributed by atoms with van der Waals surface area (Å²) in [6, 6.07) is 6.57. The maximum Gasteiger partial charge on any atom is 0.239 e. The van der Waals surface area contributed by atoms with E-state index in [4.69, 9.17) is 0 Å². The van der Waals surface area contributed by atoms with Crippen LogP contribution in [0.1, 0.15) is 20.3 Å². The number of rotatable bonds is 7. The number of benzene rings is 1. The van der Waals surface area contributed by atoms with Crippen LogP contribution in [-0.4, -0.2) is 43.9 Å². The lowest BCUT2D eigenvalue weighted by Crippen LogP contribution is -2.37. The van der Waals surface area contributed by atoms with Gasteiger partial charge in [-0.3, -0.25) is 9.59 Å². The molecule has 2 N–H and O–H groups in total. The summed E-state index contributed by atoms with van der Waals surface area (Å²) >= 11 is 0. The van der Waals surface area contributed by atoms with Crippen LogP contribution in [-0.2, 0) is 19.6 Å². The Bertz CT molecular complexity index is 626. The molecule has 0 unspecified atom stereocenters. The van der Waals surface area contributed by atoms with Gasteiger partial charge >= 0.3 is 0 Å². The van der Waals surface area contributed by atoms with Crippen molar-refractivity contribution in [3.63, 3.8) is 0 Å². The molecule has 1 rings (SSSR count). The average Bonchev–Trinajstić information content (AvgIpc) is 2.39. The summed E-state index contributed by atoms with van der Waals surface area (Å²) in [5, 5.41) is 5.24. The zero-order valence-electron chi connectivity index (χ0n) is 12.9. The SMILES string of the molecule is CCCN(CC(=O)Nc1ccc(NC(C)=O)cc1)S(C)(=O)=O. The van der Waals surface area contributed by atoms with Crippen LogP contribution in [0.2, 0.25) is 0 Å². The third-order valence-electron chi connectivity index (χ3n) is 2.75. The molecule has 0 aliphatic heterocycles. The molecule has 2 amide bonds. The van der Waals surface area contributed by atoms with Crippen LogP contribution in [0.3, 0.4) is 0 Å². The fourth-order valence-electron chi connectivity index (χ4n) is 1.81. The summed E-state index contributed by atoms with van der Waals surface area (Å²) in [5.41, 5.74) is 1.15. The topological polar surface area (TPSA) is 95.6 Å². The summed E-state index contributed by atoms with van der Waals surface area (Å²) in [6.07, 6.45) is 1.71. The molecule has 0 saturated heterocycles. The van der Waals surface area contributed by atoms with Gasteiger partial charge in [-0.05, 0) is 30.7 Å². The Kier molecular flexibility index (Phi) is 6.51. The maximum atomic E-state index is 11.9. The fourth-order valence-corrected chi connectivity index (χ4v) is 2.68. The number of carbonyl (C=O) groups excluding carboxylic acids is 2. The lowest BCUT2D eigenvalue weighted by molar-refractivity contribution is -0.116. The zero-order valence-corrected chi connectivity index (χ0v) is 13.7. The lowest BCUT2D eigenvalue weighted by Gasteiger charge is -2.18. The van der Waals surface area contributed by atoms with Crippen molar-refractivity contribution in [3.05, 3.63) is 24.3 Å². The van der Waals surface area contributed by atoms with Gasteiger partial charge in [0, 0.05) is 24.8 Å². The fraction of sp³-hybridized carbons (Fsp3) is 0.429. The number of anilines is 2. The van der Waals surface area contributed by atoms with E-state index >= 15 is 0 Å². The van der Waals surface area contributed by atoms with Gasteiger partial charge in [0.25, 0.3) is 0 Å². The van der Waals surface area contributed by atoms with E-state index in [-0.39, 0.29) is 12.5 Å². The summed E-state index contributed by atoms with van der Waals surface area (Å²) in [7, 11) is -3.41. The van der Waals surface area contributed by atoms with Crippen molar-refractivity contribution in [2.24, 2.45) is 0 Å². The van der Waals surface area contributed by atoms with E-state index in [2.05, 4.69) is 10.6 Å². The van der Waals surface area contributed by atoms with Gasteiger partial charge in [0.2, 0.25) is 21.8 Å². The molecule has 0 heterocycles. The Morgan fingerprint density at radius 3 is 2.00 bits per heavy atom. The van der Waals surface area contributed by atoms with Crippen LogP contribution < -0.4 is 10.6 Å². The second kappa shape index (κ2) is 7.90. The lowest BCUT2D eigenvalue weighted by atomic mass is 10.2. The highest BCUT2D eigenvalue weighted by Gasteiger charge is 2.19. The summed E-state index contributed by atoms with van der Waals surface area (Å²) in [4.78, 5) is 22.8. The van der Waals surface area contributed by atoms with E-state index in [1.54, 1.807) is 24.3 Å². The Morgan fingerprint density at radius 2 is 1.59 bits per heavy atom.